The SMILES string of the molecule is CCN(CC)CCOCCNS(=O)(=O)c1ccc2c(c1)CN(C(C)=O)CC2. The first-order valence-electron chi connectivity index (χ1n) is 9.54. The monoisotopic (exact) mass is 397 g/mol. The van der Waals surface area contributed by atoms with E-state index >= 15 is 0 Å². The Morgan fingerprint density at radius 2 is 1.96 bits per heavy atom. The number of amides is 1. The number of likely N-dealkylation sites (N-methyl/N-ethyl adjacent to an activating group) is 1. The molecule has 1 aromatic rings. The van der Waals surface area contributed by atoms with Gasteiger partial charge in [0.1, 0.15) is 0 Å². The van der Waals surface area contributed by atoms with Gasteiger partial charge < -0.3 is 14.5 Å². The first-order valence-corrected chi connectivity index (χ1v) is 11.0. The van der Waals surface area contributed by atoms with Gasteiger partial charge >= 0.3 is 0 Å². The average Bonchev–Trinajstić information content (AvgIpc) is 2.66. The van der Waals surface area contributed by atoms with Crippen LogP contribution in [-0.2, 0) is 32.5 Å². The summed E-state index contributed by atoms with van der Waals surface area (Å²) in [7, 11) is -3.59. The molecule has 0 bridgehead atoms. The summed E-state index contributed by atoms with van der Waals surface area (Å²) in [6.45, 7) is 10.8. The average molecular weight is 398 g/mol. The van der Waals surface area contributed by atoms with Crippen molar-refractivity contribution in [3.8, 4) is 0 Å². The van der Waals surface area contributed by atoms with Crippen LogP contribution < -0.4 is 4.72 Å². The van der Waals surface area contributed by atoms with Gasteiger partial charge in [-0.3, -0.25) is 4.79 Å². The Hall–Kier alpha value is -1.48. The van der Waals surface area contributed by atoms with E-state index in [1.807, 2.05) is 6.07 Å². The molecule has 0 fully saturated rings. The highest BCUT2D eigenvalue weighted by Gasteiger charge is 2.21. The fraction of sp³-hybridized carbons (Fsp3) is 0.632. The topological polar surface area (TPSA) is 79.0 Å². The van der Waals surface area contributed by atoms with Gasteiger partial charge in [-0.05, 0) is 42.8 Å². The summed E-state index contributed by atoms with van der Waals surface area (Å²) in [5.74, 6) is 0.00824. The Kier molecular flexibility index (Phi) is 8.22. The third kappa shape index (κ3) is 6.27. The van der Waals surface area contributed by atoms with Gasteiger partial charge in [0.05, 0.1) is 18.1 Å². The van der Waals surface area contributed by atoms with Crippen molar-refractivity contribution < 1.29 is 17.9 Å². The van der Waals surface area contributed by atoms with Gasteiger partial charge in [-0.1, -0.05) is 19.9 Å². The molecule has 152 valence electrons. The lowest BCUT2D eigenvalue weighted by Crippen LogP contribution is -2.34. The van der Waals surface area contributed by atoms with Gasteiger partial charge in [-0.25, -0.2) is 13.1 Å². The number of ether oxygens (including phenoxy) is 1. The van der Waals surface area contributed by atoms with Crippen molar-refractivity contribution in [1.29, 1.82) is 0 Å². The van der Waals surface area contributed by atoms with Gasteiger partial charge in [0, 0.05) is 33.1 Å². The zero-order valence-corrected chi connectivity index (χ0v) is 17.3. The number of hydrogen-bond acceptors (Lipinski definition) is 5. The molecule has 0 aromatic heterocycles. The fourth-order valence-corrected chi connectivity index (χ4v) is 4.20. The van der Waals surface area contributed by atoms with Gasteiger partial charge in [0.15, 0.2) is 0 Å². The Bertz CT molecular complexity index is 732. The third-order valence-corrected chi connectivity index (χ3v) is 6.39. The van der Waals surface area contributed by atoms with Crippen LogP contribution in [0, 0.1) is 0 Å². The summed E-state index contributed by atoms with van der Waals surface area (Å²) >= 11 is 0. The second kappa shape index (κ2) is 10.2. The van der Waals surface area contributed by atoms with Crippen molar-refractivity contribution in [2.45, 2.75) is 38.6 Å². The molecule has 8 heteroatoms. The van der Waals surface area contributed by atoms with Crippen LogP contribution in [0.4, 0.5) is 0 Å². The number of fused-ring (bicyclic) bond motifs is 1. The van der Waals surface area contributed by atoms with Crippen molar-refractivity contribution in [2.75, 3.05) is 45.9 Å². The summed E-state index contributed by atoms with van der Waals surface area (Å²) < 4.78 is 33.1. The summed E-state index contributed by atoms with van der Waals surface area (Å²) in [5.41, 5.74) is 2.00. The zero-order chi connectivity index (χ0) is 19.9. The minimum Gasteiger partial charge on any atom is -0.379 e. The molecule has 1 heterocycles. The van der Waals surface area contributed by atoms with Crippen molar-refractivity contribution >= 4 is 15.9 Å². The molecular weight excluding hydrogens is 366 g/mol. The first-order chi connectivity index (χ1) is 12.9. The molecule has 1 N–H and O–H groups in total. The molecule has 2 rings (SSSR count). The van der Waals surface area contributed by atoms with Crippen molar-refractivity contribution in [1.82, 2.24) is 14.5 Å². The number of rotatable bonds is 10. The molecule has 1 aliphatic rings. The van der Waals surface area contributed by atoms with E-state index in [0.717, 1.165) is 37.2 Å². The van der Waals surface area contributed by atoms with Crippen molar-refractivity contribution in [3.63, 3.8) is 0 Å². The molecule has 0 saturated heterocycles. The predicted molar refractivity (Wildman–Crippen MR) is 105 cm³/mol. The molecule has 0 saturated carbocycles. The molecular formula is C19H31N3O4S. The minimum atomic E-state index is -3.59. The maximum atomic E-state index is 12.5. The van der Waals surface area contributed by atoms with Crippen LogP contribution in [0.3, 0.4) is 0 Å². The van der Waals surface area contributed by atoms with Crippen LogP contribution in [0.25, 0.3) is 0 Å². The van der Waals surface area contributed by atoms with Crippen LogP contribution in [0.5, 0.6) is 0 Å². The molecule has 1 aliphatic heterocycles. The van der Waals surface area contributed by atoms with Crippen LogP contribution >= 0.6 is 0 Å². The number of nitrogens with one attached hydrogen (secondary N) is 1. The van der Waals surface area contributed by atoms with E-state index in [2.05, 4.69) is 23.5 Å². The van der Waals surface area contributed by atoms with Crippen LogP contribution in [0.1, 0.15) is 31.9 Å². The molecule has 0 aliphatic carbocycles. The van der Waals surface area contributed by atoms with Crippen LogP contribution in [0.2, 0.25) is 0 Å². The molecule has 0 spiro atoms. The first kappa shape index (κ1) is 21.8. The van der Waals surface area contributed by atoms with Crippen molar-refractivity contribution in [2.24, 2.45) is 0 Å². The quantitative estimate of drug-likeness (QED) is 0.601. The second-order valence-corrected chi connectivity index (χ2v) is 8.43. The number of benzene rings is 1. The summed E-state index contributed by atoms with van der Waals surface area (Å²) in [4.78, 5) is 15.8. The molecule has 27 heavy (non-hydrogen) atoms. The van der Waals surface area contributed by atoms with E-state index < -0.39 is 10.0 Å². The molecule has 0 unspecified atom stereocenters. The lowest BCUT2D eigenvalue weighted by molar-refractivity contribution is -0.129. The molecule has 7 nitrogen and oxygen atoms in total. The second-order valence-electron chi connectivity index (χ2n) is 6.66. The Morgan fingerprint density at radius 3 is 2.63 bits per heavy atom. The number of carbonyl (C=O) groups excluding carboxylic acids is 1. The number of nitrogens with zero attached hydrogens (tertiary/aromatic N) is 2. The maximum Gasteiger partial charge on any atom is 0.240 e. The standard InChI is InChI=1S/C19H31N3O4S/c1-4-21(5-2)11-13-26-12-9-20-27(24,25)19-7-6-17-8-10-22(16(3)23)15-18(17)14-19/h6-7,14,20H,4-5,8-13,15H2,1-3H3. The van der Waals surface area contributed by atoms with Crippen LogP contribution in [0.15, 0.2) is 23.1 Å². The lowest BCUT2D eigenvalue weighted by Gasteiger charge is -2.28. The van der Waals surface area contributed by atoms with Crippen LogP contribution in [-0.4, -0.2) is 70.1 Å². The maximum absolute atomic E-state index is 12.5. The molecule has 1 amide bonds. The Morgan fingerprint density at radius 1 is 1.22 bits per heavy atom. The van der Waals surface area contributed by atoms with Crippen molar-refractivity contribution in [3.05, 3.63) is 29.3 Å². The fourth-order valence-electron chi connectivity index (χ4n) is 3.14. The summed E-state index contributed by atoms with van der Waals surface area (Å²) in [6, 6.07) is 5.15. The van der Waals surface area contributed by atoms with E-state index in [1.165, 1.54) is 6.92 Å². The smallest absolute Gasteiger partial charge is 0.240 e. The summed E-state index contributed by atoms with van der Waals surface area (Å²) in [6.07, 6.45) is 0.753. The zero-order valence-electron chi connectivity index (χ0n) is 16.5. The Balaban J connectivity index is 1.86. The highest BCUT2D eigenvalue weighted by atomic mass is 32.2. The van der Waals surface area contributed by atoms with E-state index in [1.54, 1.807) is 17.0 Å². The van der Waals surface area contributed by atoms with Gasteiger partial charge in [0.2, 0.25) is 15.9 Å². The molecule has 0 radical (unpaired) electrons. The minimum absolute atomic E-state index is 0.00824. The van der Waals surface area contributed by atoms with E-state index in [4.69, 9.17) is 4.74 Å². The van der Waals surface area contributed by atoms with Gasteiger partial charge in [0.25, 0.3) is 0 Å². The molecule has 0 atom stereocenters. The largest absolute Gasteiger partial charge is 0.379 e. The lowest BCUT2D eigenvalue weighted by atomic mass is 10.00. The van der Waals surface area contributed by atoms with E-state index in [-0.39, 0.29) is 17.3 Å². The van der Waals surface area contributed by atoms with Gasteiger partial charge in [-0.15, -0.1) is 0 Å². The third-order valence-electron chi connectivity index (χ3n) is 4.93. The molecule has 1 aromatic carbocycles. The highest BCUT2D eigenvalue weighted by molar-refractivity contribution is 7.89. The normalized spacial score (nSPS) is 14.4. The number of hydrogen-bond donors (Lipinski definition) is 1. The summed E-state index contributed by atoms with van der Waals surface area (Å²) in [5, 5.41) is 0. The van der Waals surface area contributed by atoms with E-state index in [9.17, 15) is 13.2 Å². The van der Waals surface area contributed by atoms with E-state index in [0.29, 0.717) is 26.3 Å². The number of sulfonamides is 1. The van der Waals surface area contributed by atoms with Gasteiger partial charge in [-0.2, -0.15) is 0 Å². The Labute approximate surface area is 162 Å². The predicted octanol–water partition coefficient (Wildman–Crippen LogP) is 1.23. The number of carbonyl (C=O) groups is 1. The highest BCUT2D eigenvalue weighted by Crippen LogP contribution is 2.22.